The van der Waals surface area contributed by atoms with Crippen molar-refractivity contribution in [3.05, 3.63) is 90.0 Å². The summed E-state index contributed by atoms with van der Waals surface area (Å²) < 4.78 is 22.8. The number of carbonyl (C=O) groups excluding carboxylic acids is 1. The molecule has 1 fully saturated rings. The van der Waals surface area contributed by atoms with Crippen LogP contribution in [-0.2, 0) is 21.5 Å². The molecule has 0 bridgehead atoms. The van der Waals surface area contributed by atoms with E-state index in [1.54, 1.807) is 6.20 Å². The lowest BCUT2D eigenvalue weighted by Crippen LogP contribution is -2.50. The van der Waals surface area contributed by atoms with Gasteiger partial charge < -0.3 is 24.3 Å². The largest absolute Gasteiger partial charge is 0.491 e. The van der Waals surface area contributed by atoms with Gasteiger partial charge in [-0.25, -0.2) is 14.8 Å². The third kappa shape index (κ3) is 8.22. The maximum Gasteiger partial charge on any atom is 0.407 e. The van der Waals surface area contributed by atoms with Crippen LogP contribution < -0.4 is 14.8 Å². The van der Waals surface area contributed by atoms with E-state index in [2.05, 4.69) is 60.0 Å². The third-order valence-corrected chi connectivity index (χ3v) is 6.94. The van der Waals surface area contributed by atoms with Crippen LogP contribution >= 0.6 is 0 Å². The Morgan fingerprint density at radius 3 is 2.15 bits per heavy atom. The molecule has 8 heteroatoms. The lowest BCUT2D eigenvalue weighted by atomic mass is 9.78. The van der Waals surface area contributed by atoms with Crippen molar-refractivity contribution in [2.45, 2.75) is 84.2 Å². The van der Waals surface area contributed by atoms with Gasteiger partial charge in [0.2, 0.25) is 0 Å². The molecular weight excluding hydrogens is 518 g/mol. The van der Waals surface area contributed by atoms with E-state index in [9.17, 15) is 4.79 Å². The zero-order valence-corrected chi connectivity index (χ0v) is 24.9. The van der Waals surface area contributed by atoms with Crippen LogP contribution in [0.5, 0.6) is 11.5 Å². The SMILES string of the molecule is C=C(OCC)c1nccc(COc2ccc(C(C)(C)c3ccc(OC4CC(NC(=O)OC(C)(C)C)C4)cc3)cc2)n1. The molecule has 41 heavy (non-hydrogen) atoms. The summed E-state index contributed by atoms with van der Waals surface area (Å²) in [7, 11) is 0. The van der Waals surface area contributed by atoms with Crippen molar-refractivity contribution < 1.29 is 23.7 Å². The van der Waals surface area contributed by atoms with Crippen LogP contribution in [0.1, 0.15) is 77.0 Å². The van der Waals surface area contributed by atoms with E-state index in [1.807, 2.05) is 58.0 Å². The fraction of sp³-hybridized carbons (Fsp3) is 0.424. The first-order chi connectivity index (χ1) is 19.4. The minimum atomic E-state index is -0.501. The number of amides is 1. The highest BCUT2D eigenvalue weighted by Gasteiger charge is 2.33. The summed E-state index contributed by atoms with van der Waals surface area (Å²) in [5.74, 6) is 2.50. The average molecular weight is 560 g/mol. The van der Waals surface area contributed by atoms with Crippen molar-refractivity contribution in [2.24, 2.45) is 0 Å². The summed E-state index contributed by atoms with van der Waals surface area (Å²) >= 11 is 0. The fourth-order valence-electron chi connectivity index (χ4n) is 4.54. The summed E-state index contributed by atoms with van der Waals surface area (Å²) in [4.78, 5) is 20.6. The van der Waals surface area contributed by atoms with Crippen LogP contribution in [0.25, 0.3) is 5.76 Å². The normalized spacial score (nSPS) is 16.7. The first-order valence-corrected chi connectivity index (χ1v) is 14.1. The molecule has 1 N–H and O–H groups in total. The Hall–Kier alpha value is -4.07. The lowest BCUT2D eigenvalue weighted by molar-refractivity contribution is 0.0363. The standard InChI is InChI=1S/C33H41N3O5/c1-8-38-22(2)30-34-18-17-25(35-30)21-39-27-13-9-23(10-14-27)33(6,7)24-11-15-28(16-12-24)40-29-19-26(20-29)36-31(37)41-32(3,4)5/h9-18,26,29H,2,8,19-21H2,1,3-7H3,(H,36,37). The molecule has 1 aromatic heterocycles. The first-order valence-electron chi connectivity index (χ1n) is 14.1. The molecule has 1 amide bonds. The van der Waals surface area contributed by atoms with Gasteiger partial charge in [-0.3, -0.25) is 0 Å². The molecule has 8 nitrogen and oxygen atoms in total. The number of nitrogens with one attached hydrogen (secondary N) is 1. The molecule has 4 rings (SSSR count). The number of hydrogen-bond acceptors (Lipinski definition) is 7. The molecule has 1 saturated carbocycles. The Morgan fingerprint density at radius 1 is 0.951 bits per heavy atom. The molecule has 1 aliphatic carbocycles. The van der Waals surface area contributed by atoms with E-state index in [4.69, 9.17) is 18.9 Å². The predicted octanol–water partition coefficient (Wildman–Crippen LogP) is 6.82. The van der Waals surface area contributed by atoms with Crippen molar-refractivity contribution in [3.63, 3.8) is 0 Å². The van der Waals surface area contributed by atoms with Gasteiger partial charge in [0.15, 0.2) is 11.6 Å². The molecular formula is C33H41N3O5. The topological polar surface area (TPSA) is 91.8 Å². The van der Waals surface area contributed by atoms with Gasteiger partial charge in [-0.1, -0.05) is 44.7 Å². The van der Waals surface area contributed by atoms with E-state index in [0.29, 0.717) is 24.8 Å². The summed E-state index contributed by atoms with van der Waals surface area (Å²) in [6.45, 7) is 16.6. The molecule has 0 aliphatic heterocycles. The lowest BCUT2D eigenvalue weighted by Gasteiger charge is -2.36. The van der Waals surface area contributed by atoms with E-state index < -0.39 is 5.60 Å². The quantitative estimate of drug-likeness (QED) is 0.258. The second kappa shape index (κ2) is 12.6. The van der Waals surface area contributed by atoms with Crippen LogP contribution in [0.15, 0.2) is 67.4 Å². The summed E-state index contributed by atoms with van der Waals surface area (Å²) in [6, 6.07) is 18.3. The van der Waals surface area contributed by atoms with E-state index in [1.165, 1.54) is 11.1 Å². The number of benzene rings is 2. The molecule has 0 unspecified atom stereocenters. The summed E-state index contributed by atoms with van der Waals surface area (Å²) in [6.07, 6.45) is 2.92. The Balaban J connectivity index is 1.28. The zero-order valence-electron chi connectivity index (χ0n) is 24.9. The van der Waals surface area contributed by atoms with E-state index in [0.717, 1.165) is 30.0 Å². The number of carbonyl (C=O) groups is 1. The number of aromatic nitrogens is 2. The Morgan fingerprint density at radius 2 is 1.56 bits per heavy atom. The maximum atomic E-state index is 11.9. The monoisotopic (exact) mass is 559 g/mol. The Labute approximate surface area is 243 Å². The van der Waals surface area contributed by atoms with Crippen molar-refractivity contribution in [1.82, 2.24) is 15.3 Å². The molecule has 218 valence electrons. The Kier molecular flexibility index (Phi) is 9.21. The minimum absolute atomic E-state index is 0.0822. The van der Waals surface area contributed by atoms with Gasteiger partial charge in [-0.2, -0.15) is 0 Å². The second-order valence-corrected chi connectivity index (χ2v) is 11.7. The molecule has 0 saturated heterocycles. The van der Waals surface area contributed by atoms with Crippen molar-refractivity contribution in [3.8, 4) is 11.5 Å². The number of hydrogen-bond donors (Lipinski definition) is 1. The van der Waals surface area contributed by atoms with E-state index in [-0.39, 0.29) is 23.7 Å². The molecule has 3 aromatic rings. The summed E-state index contributed by atoms with van der Waals surface area (Å²) in [5.41, 5.74) is 2.39. The van der Waals surface area contributed by atoms with Gasteiger partial charge in [-0.15, -0.1) is 0 Å². The molecule has 1 aliphatic rings. The van der Waals surface area contributed by atoms with Gasteiger partial charge in [0.05, 0.1) is 12.3 Å². The average Bonchev–Trinajstić information content (AvgIpc) is 2.90. The molecule has 1 heterocycles. The van der Waals surface area contributed by atoms with Crippen LogP contribution in [0.3, 0.4) is 0 Å². The number of rotatable bonds is 11. The number of alkyl carbamates (subject to hydrolysis) is 1. The summed E-state index contributed by atoms with van der Waals surface area (Å²) in [5, 5.41) is 2.90. The van der Waals surface area contributed by atoms with E-state index >= 15 is 0 Å². The minimum Gasteiger partial charge on any atom is -0.491 e. The number of ether oxygens (including phenoxy) is 4. The maximum absolute atomic E-state index is 11.9. The van der Waals surface area contributed by atoms with Gasteiger partial charge >= 0.3 is 6.09 Å². The fourth-order valence-corrected chi connectivity index (χ4v) is 4.54. The second-order valence-electron chi connectivity index (χ2n) is 11.7. The van der Waals surface area contributed by atoms with Crippen molar-refractivity contribution >= 4 is 11.9 Å². The first kappa shape index (κ1) is 29.9. The highest BCUT2D eigenvalue weighted by atomic mass is 16.6. The Bertz CT molecular complexity index is 1320. The van der Waals surface area contributed by atoms with Crippen molar-refractivity contribution in [1.29, 1.82) is 0 Å². The zero-order chi connectivity index (χ0) is 29.6. The van der Waals surface area contributed by atoms with Gasteiger partial charge in [0, 0.05) is 30.5 Å². The third-order valence-electron chi connectivity index (χ3n) is 6.94. The van der Waals surface area contributed by atoms with Crippen LogP contribution in [0, 0.1) is 0 Å². The van der Waals surface area contributed by atoms with Crippen LogP contribution in [-0.4, -0.2) is 40.4 Å². The molecule has 2 aromatic carbocycles. The molecule has 0 radical (unpaired) electrons. The van der Waals surface area contributed by atoms with Gasteiger partial charge in [-0.05, 0) is 69.2 Å². The van der Waals surface area contributed by atoms with Crippen LogP contribution in [0.2, 0.25) is 0 Å². The molecule has 0 spiro atoms. The smallest absolute Gasteiger partial charge is 0.407 e. The van der Waals surface area contributed by atoms with Gasteiger partial charge in [0.25, 0.3) is 0 Å². The molecule has 0 atom stereocenters. The number of nitrogens with zero attached hydrogens (tertiary/aromatic N) is 2. The highest BCUT2D eigenvalue weighted by Crippen LogP contribution is 2.34. The van der Waals surface area contributed by atoms with Crippen molar-refractivity contribution in [2.75, 3.05) is 6.61 Å². The highest BCUT2D eigenvalue weighted by molar-refractivity contribution is 5.68. The van der Waals surface area contributed by atoms with Crippen LogP contribution in [0.4, 0.5) is 4.79 Å². The predicted molar refractivity (Wildman–Crippen MR) is 159 cm³/mol. The van der Waals surface area contributed by atoms with Gasteiger partial charge in [0.1, 0.15) is 29.8 Å².